The van der Waals surface area contributed by atoms with Crippen molar-refractivity contribution in [3.8, 4) is 0 Å². The standard InChI is InChI=1S/C15H21N3O3/c1-10-7-11(2)16-13(8-10)17-14(20)9-18-6-4-3-5-12(19)15(18)21/h7-8,12,19H,3-6,9H2,1-2H3,(H,16,17,20). The number of hydrogen-bond acceptors (Lipinski definition) is 4. The van der Waals surface area contributed by atoms with Gasteiger partial charge < -0.3 is 15.3 Å². The van der Waals surface area contributed by atoms with E-state index >= 15 is 0 Å². The average molecular weight is 291 g/mol. The molecule has 2 rings (SSSR count). The van der Waals surface area contributed by atoms with Crippen LogP contribution in [0.5, 0.6) is 0 Å². The number of rotatable bonds is 3. The molecule has 0 radical (unpaired) electrons. The quantitative estimate of drug-likeness (QED) is 0.870. The van der Waals surface area contributed by atoms with Crippen LogP contribution in [-0.2, 0) is 9.59 Å². The van der Waals surface area contributed by atoms with Crippen LogP contribution in [0.2, 0.25) is 0 Å². The van der Waals surface area contributed by atoms with Gasteiger partial charge in [0.05, 0.1) is 6.54 Å². The predicted octanol–water partition coefficient (Wildman–Crippen LogP) is 1.01. The first-order chi connectivity index (χ1) is 9.95. The van der Waals surface area contributed by atoms with Crippen LogP contribution < -0.4 is 5.32 Å². The van der Waals surface area contributed by atoms with Gasteiger partial charge in [0.2, 0.25) is 5.91 Å². The van der Waals surface area contributed by atoms with Crippen LogP contribution in [0.1, 0.15) is 30.5 Å². The number of nitrogens with zero attached hydrogens (tertiary/aromatic N) is 2. The lowest BCUT2D eigenvalue weighted by Gasteiger charge is -2.21. The fourth-order valence-electron chi connectivity index (χ4n) is 2.50. The summed E-state index contributed by atoms with van der Waals surface area (Å²) < 4.78 is 0. The molecule has 1 aromatic rings. The van der Waals surface area contributed by atoms with Crippen LogP contribution in [0.3, 0.4) is 0 Å². The van der Waals surface area contributed by atoms with E-state index in [1.54, 1.807) is 6.07 Å². The molecule has 1 aliphatic heterocycles. The molecule has 21 heavy (non-hydrogen) atoms. The van der Waals surface area contributed by atoms with Crippen LogP contribution in [-0.4, -0.2) is 46.0 Å². The molecule has 0 spiro atoms. The van der Waals surface area contributed by atoms with Crippen molar-refractivity contribution in [1.82, 2.24) is 9.88 Å². The summed E-state index contributed by atoms with van der Waals surface area (Å²) in [6.45, 7) is 4.24. The summed E-state index contributed by atoms with van der Waals surface area (Å²) in [5, 5.41) is 12.4. The molecule has 1 fully saturated rings. The molecule has 0 aliphatic carbocycles. The van der Waals surface area contributed by atoms with E-state index in [9.17, 15) is 14.7 Å². The number of aromatic nitrogens is 1. The van der Waals surface area contributed by atoms with E-state index in [-0.39, 0.29) is 18.4 Å². The highest BCUT2D eigenvalue weighted by Crippen LogP contribution is 2.13. The number of nitrogens with one attached hydrogen (secondary N) is 1. The Morgan fingerprint density at radius 1 is 1.43 bits per heavy atom. The molecule has 1 saturated heterocycles. The molecule has 0 bridgehead atoms. The topological polar surface area (TPSA) is 82.5 Å². The van der Waals surface area contributed by atoms with Crippen molar-refractivity contribution in [2.75, 3.05) is 18.4 Å². The van der Waals surface area contributed by atoms with Gasteiger partial charge in [0.15, 0.2) is 0 Å². The van der Waals surface area contributed by atoms with Crippen LogP contribution in [0, 0.1) is 13.8 Å². The van der Waals surface area contributed by atoms with Crippen LogP contribution >= 0.6 is 0 Å². The van der Waals surface area contributed by atoms with Crippen LogP contribution in [0.4, 0.5) is 5.82 Å². The van der Waals surface area contributed by atoms with Crippen molar-refractivity contribution in [2.45, 2.75) is 39.2 Å². The van der Waals surface area contributed by atoms with Crippen molar-refractivity contribution >= 4 is 17.6 Å². The number of anilines is 1. The molecule has 1 aliphatic rings. The number of aryl methyl sites for hydroxylation is 2. The Labute approximate surface area is 124 Å². The summed E-state index contributed by atoms with van der Waals surface area (Å²) in [5.74, 6) is -0.175. The molecular formula is C15H21N3O3. The monoisotopic (exact) mass is 291 g/mol. The lowest BCUT2D eigenvalue weighted by atomic mass is 10.2. The van der Waals surface area contributed by atoms with Crippen molar-refractivity contribution < 1.29 is 14.7 Å². The zero-order chi connectivity index (χ0) is 15.4. The Morgan fingerprint density at radius 3 is 2.90 bits per heavy atom. The molecule has 2 amide bonds. The normalized spacial score (nSPS) is 19.3. The summed E-state index contributed by atoms with van der Waals surface area (Å²) >= 11 is 0. The van der Waals surface area contributed by atoms with Crippen molar-refractivity contribution in [3.63, 3.8) is 0 Å². The van der Waals surface area contributed by atoms with Crippen molar-refractivity contribution in [3.05, 3.63) is 23.4 Å². The molecule has 6 heteroatoms. The van der Waals surface area contributed by atoms with Gasteiger partial charge in [0.25, 0.3) is 5.91 Å². The third kappa shape index (κ3) is 4.26. The molecular weight excluding hydrogens is 270 g/mol. The smallest absolute Gasteiger partial charge is 0.251 e. The molecule has 1 unspecified atom stereocenters. The van der Waals surface area contributed by atoms with Gasteiger partial charge in [-0.15, -0.1) is 0 Å². The fraction of sp³-hybridized carbons (Fsp3) is 0.533. The Morgan fingerprint density at radius 2 is 2.19 bits per heavy atom. The van der Waals surface area contributed by atoms with Gasteiger partial charge in [0.1, 0.15) is 11.9 Å². The highest BCUT2D eigenvalue weighted by molar-refractivity contribution is 5.94. The number of carbonyl (C=O) groups is 2. The van der Waals surface area contributed by atoms with Gasteiger partial charge in [0, 0.05) is 12.2 Å². The van der Waals surface area contributed by atoms with E-state index in [0.717, 1.165) is 24.1 Å². The Kier molecular flexibility index (Phi) is 4.90. The number of aliphatic hydroxyl groups is 1. The second-order valence-electron chi connectivity index (χ2n) is 5.49. The molecule has 1 atom stereocenters. The second-order valence-corrected chi connectivity index (χ2v) is 5.49. The minimum Gasteiger partial charge on any atom is -0.383 e. The maximum absolute atomic E-state index is 12.0. The van der Waals surface area contributed by atoms with Crippen LogP contribution in [0.25, 0.3) is 0 Å². The number of likely N-dealkylation sites (tertiary alicyclic amines) is 1. The zero-order valence-electron chi connectivity index (χ0n) is 12.4. The maximum Gasteiger partial charge on any atom is 0.251 e. The van der Waals surface area contributed by atoms with Gasteiger partial charge in [-0.1, -0.05) is 0 Å². The third-order valence-corrected chi connectivity index (χ3v) is 3.45. The number of amides is 2. The first-order valence-electron chi connectivity index (χ1n) is 7.17. The lowest BCUT2D eigenvalue weighted by Crippen LogP contribution is -2.42. The summed E-state index contributed by atoms with van der Waals surface area (Å²) in [5.41, 5.74) is 1.84. The number of carbonyl (C=O) groups excluding carboxylic acids is 2. The molecule has 2 N–H and O–H groups in total. The molecule has 1 aromatic heterocycles. The Hall–Kier alpha value is -1.95. The van der Waals surface area contributed by atoms with Gasteiger partial charge in [-0.3, -0.25) is 9.59 Å². The molecule has 114 valence electrons. The summed E-state index contributed by atoms with van der Waals surface area (Å²) in [6.07, 6.45) is 1.08. The lowest BCUT2D eigenvalue weighted by molar-refractivity contribution is -0.141. The van der Waals surface area contributed by atoms with E-state index in [1.165, 1.54) is 4.90 Å². The molecule has 2 heterocycles. The zero-order valence-corrected chi connectivity index (χ0v) is 12.4. The summed E-state index contributed by atoms with van der Waals surface area (Å²) in [6, 6.07) is 3.70. The molecule has 6 nitrogen and oxygen atoms in total. The highest BCUT2D eigenvalue weighted by atomic mass is 16.3. The van der Waals surface area contributed by atoms with E-state index < -0.39 is 6.10 Å². The van der Waals surface area contributed by atoms with Gasteiger partial charge in [-0.2, -0.15) is 0 Å². The summed E-state index contributed by atoms with van der Waals surface area (Å²) in [4.78, 5) is 29.6. The minimum atomic E-state index is -0.986. The number of hydrogen-bond donors (Lipinski definition) is 2. The predicted molar refractivity (Wildman–Crippen MR) is 78.8 cm³/mol. The summed E-state index contributed by atoms with van der Waals surface area (Å²) in [7, 11) is 0. The first-order valence-corrected chi connectivity index (χ1v) is 7.17. The van der Waals surface area contributed by atoms with Gasteiger partial charge in [-0.25, -0.2) is 4.98 Å². The van der Waals surface area contributed by atoms with E-state index in [1.807, 2.05) is 19.9 Å². The fourth-order valence-corrected chi connectivity index (χ4v) is 2.50. The third-order valence-electron chi connectivity index (χ3n) is 3.45. The first kappa shape index (κ1) is 15.4. The van der Waals surface area contributed by atoms with Crippen molar-refractivity contribution in [2.24, 2.45) is 0 Å². The molecule has 0 aromatic carbocycles. The highest BCUT2D eigenvalue weighted by Gasteiger charge is 2.26. The number of aliphatic hydroxyl groups excluding tert-OH is 1. The van der Waals surface area contributed by atoms with E-state index in [2.05, 4.69) is 10.3 Å². The minimum absolute atomic E-state index is 0.0510. The Balaban J connectivity index is 1.98. The maximum atomic E-state index is 12.0. The van der Waals surface area contributed by atoms with Gasteiger partial charge >= 0.3 is 0 Å². The van der Waals surface area contributed by atoms with E-state index in [4.69, 9.17) is 0 Å². The van der Waals surface area contributed by atoms with Crippen molar-refractivity contribution in [1.29, 1.82) is 0 Å². The molecule has 0 saturated carbocycles. The van der Waals surface area contributed by atoms with Gasteiger partial charge in [-0.05, 0) is 50.8 Å². The van der Waals surface area contributed by atoms with Crippen LogP contribution in [0.15, 0.2) is 12.1 Å². The number of pyridine rings is 1. The largest absolute Gasteiger partial charge is 0.383 e. The Bertz CT molecular complexity index is 525. The SMILES string of the molecule is Cc1cc(C)nc(NC(=O)CN2CCCCC(O)C2=O)c1. The second kappa shape index (κ2) is 6.67. The van der Waals surface area contributed by atoms with E-state index in [0.29, 0.717) is 18.8 Å². The average Bonchev–Trinajstić information content (AvgIpc) is 2.53.